The van der Waals surface area contributed by atoms with Gasteiger partial charge in [0.05, 0.1) is 12.2 Å². The van der Waals surface area contributed by atoms with E-state index in [4.69, 9.17) is 4.74 Å². The highest BCUT2D eigenvalue weighted by Gasteiger charge is 2.50. The maximum absolute atomic E-state index is 14.5. The molecule has 3 fully saturated rings. The number of piperidine rings is 1. The van der Waals surface area contributed by atoms with Crippen LogP contribution in [-0.2, 0) is 16.1 Å². The minimum absolute atomic E-state index is 0.289. The van der Waals surface area contributed by atoms with Crippen LogP contribution in [-0.4, -0.2) is 64.7 Å². The zero-order valence-electron chi connectivity index (χ0n) is 14.6. The lowest BCUT2D eigenvalue weighted by Crippen LogP contribution is -2.61. The Kier molecular flexibility index (Phi) is 4.50. The predicted octanol–water partition coefficient (Wildman–Crippen LogP) is 2.17. The molecule has 0 radical (unpaired) electrons. The lowest BCUT2D eigenvalue weighted by Gasteiger charge is -2.49. The number of morpholine rings is 1. The molecule has 25 heavy (non-hydrogen) atoms. The summed E-state index contributed by atoms with van der Waals surface area (Å²) >= 11 is 0. The molecule has 1 saturated carbocycles. The van der Waals surface area contributed by atoms with Gasteiger partial charge in [-0.25, -0.2) is 4.39 Å². The SMILES string of the molecule is O=C(N1CCOC2(CCN(Cc3ccncc3)CC2)C1)C1(F)CCC1. The number of rotatable bonds is 3. The molecule has 6 heteroatoms. The fourth-order valence-corrected chi connectivity index (χ4v) is 4.17. The van der Waals surface area contributed by atoms with Gasteiger partial charge in [-0.05, 0) is 49.8 Å². The van der Waals surface area contributed by atoms with Crippen LogP contribution in [0.4, 0.5) is 4.39 Å². The summed E-state index contributed by atoms with van der Waals surface area (Å²) < 4.78 is 20.6. The van der Waals surface area contributed by atoms with Crippen LogP contribution < -0.4 is 0 Å². The maximum Gasteiger partial charge on any atom is 0.260 e. The highest BCUT2D eigenvalue weighted by atomic mass is 19.1. The monoisotopic (exact) mass is 347 g/mol. The van der Waals surface area contributed by atoms with Gasteiger partial charge < -0.3 is 9.64 Å². The van der Waals surface area contributed by atoms with Crippen LogP contribution >= 0.6 is 0 Å². The molecule has 1 spiro atoms. The van der Waals surface area contributed by atoms with E-state index < -0.39 is 5.67 Å². The Morgan fingerprint density at radius 2 is 1.88 bits per heavy atom. The Morgan fingerprint density at radius 1 is 1.16 bits per heavy atom. The third-order valence-electron chi connectivity index (χ3n) is 5.99. The van der Waals surface area contributed by atoms with Gasteiger partial charge in [0.2, 0.25) is 0 Å². The van der Waals surface area contributed by atoms with Gasteiger partial charge >= 0.3 is 0 Å². The van der Waals surface area contributed by atoms with Crippen LogP contribution in [0.3, 0.4) is 0 Å². The van der Waals surface area contributed by atoms with Crippen LogP contribution in [0.25, 0.3) is 0 Å². The van der Waals surface area contributed by atoms with Gasteiger partial charge in [-0.2, -0.15) is 0 Å². The summed E-state index contributed by atoms with van der Waals surface area (Å²) in [6, 6.07) is 4.09. The van der Waals surface area contributed by atoms with Crippen molar-refractivity contribution in [2.75, 3.05) is 32.8 Å². The molecule has 5 nitrogen and oxygen atoms in total. The third-order valence-corrected chi connectivity index (χ3v) is 5.99. The number of likely N-dealkylation sites (tertiary alicyclic amines) is 1. The highest BCUT2D eigenvalue weighted by molar-refractivity contribution is 5.86. The number of alkyl halides is 1. The molecule has 4 rings (SSSR count). The molecule has 0 unspecified atom stereocenters. The van der Waals surface area contributed by atoms with E-state index in [1.54, 1.807) is 4.90 Å². The van der Waals surface area contributed by atoms with Crippen molar-refractivity contribution < 1.29 is 13.9 Å². The number of halogens is 1. The van der Waals surface area contributed by atoms with Crippen molar-refractivity contribution in [3.05, 3.63) is 30.1 Å². The van der Waals surface area contributed by atoms with Gasteiger partial charge in [0, 0.05) is 45.1 Å². The predicted molar refractivity (Wildman–Crippen MR) is 91.7 cm³/mol. The molecule has 0 aromatic carbocycles. The van der Waals surface area contributed by atoms with Crippen molar-refractivity contribution in [2.45, 2.75) is 49.9 Å². The van der Waals surface area contributed by atoms with Crippen LogP contribution in [0.5, 0.6) is 0 Å². The summed E-state index contributed by atoms with van der Waals surface area (Å²) in [4.78, 5) is 20.7. The van der Waals surface area contributed by atoms with Crippen molar-refractivity contribution in [3.63, 3.8) is 0 Å². The first-order valence-electron chi connectivity index (χ1n) is 9.32. The lowest BCUT2D eigenvalue weighted by atomic mass is 9.80. The fourth-order valence-electron chi connectivity index (χ4n) is 4.17. The molecular weight excluding hydrogens is 321 g/mol. The summed E-state index contributed by atoms with van der Waals surface area (Å²) in [5.74, 6) is -0.305. The normalized spacial score (nSPS) is 25.6. The van der Waals surface area contributed by atoms with E-state index in [2.05, 4.69) is 9.88 Å². The van der Waals surface area contributed by atoms with Crippen molar-refractivity contribution in [3.8, 4) is 0 Å². The molecular formula is C19H26FN3O2. The molecule has 0 bridgehead atoms. The Balaban J connectivity index is 1.34. The van der Waals surface area contributed by atoms with Gasteiger partial charge in [0.25, 0.3) is 5.91 Å². The van der Waals surface area contributed by atoms with Gasteiger partial charge in [-0.1, -0.05) is 0 Å². The molecule has 0 atom stereocenters. The van der Waals surface area contributed by atoms with E-state index in [9.17, 15) is 9.18 Å². The van der Waals surface area contributed by atoms with Gasteiger partial charge in [0.15, 0.2) is 5.67 Å². The van der Waals surface area contributed by atoms with Crippen LogP contribution in [0.1, 0.15) is 37.7 Å². The number of amides is 1. The first-order chi connectivity index (χ1) is 12.1. The summed E-state index contributed by atoms with van der Waals surface area (Å²) in [5, 5.41) is 0. The number of aromatic nitrogens is 1. The highest BCUT2D eigenvalue weighted by Crippen LogP contribution is 2.39. The Labute approximate surface area is 148 Å². The number of hydrogen-bond donors (Lipinski definition) is 0. The summed E-state index contributed by atoms with van der Waals surface area (Å²) in [6.45, 7) is 4.37. The lowest BCUT2D eigenvalue weighted by molar-refractivity contribution is -0.173. The zero-order chi connectivity index (χ0) is 17.3. The van der Waals surface area contributed by atoms with Crippen molar-refractivity contribution >= 4 is 5.91 Å². The quantitative estimate of drug-likeness (QED) is 0.841. The second-order valence-corrected chi connectivity index (χ2v) is 7.71. The maximum atomic E-state index is 14.5. The van der Waals surface area contributed by atoms with Gasteiger partial charge in [-0.3, -0.25) is 14.7 Å². The molecule has 1 aromatic heterocycles. The smallest absolute Gasteiger partial charge is 0.260 e. The number of nitrogens with zero attached hydrogens (tertiary/aromatic N) is 3. The van der Waals surface area contributed by atoms with E-state index in [1.165, 1.54) is 5.56 Å². The number of carbonyl (C=O) groups is 1. The third kappa shape index (κ3) is 3.42. The molecule has 2 saturated heterocycles. The van der Waals surface area contributed by atoms with Gasteiger partial charge in [0.1, 0.15) is 0 Å². The van der Waals surface area contributed by atoms with Crippen LogP contribution in [0.2, 0.25) is 0 Å². The number of carbonyl (C=O) groups excluding carboxylic acids is 1. The van der Waals surface area contributed by atoms with E-state index in [1.807, 2.05) is 24.5 Å². The first kappa shape index (κ1) is 16.9. The summed E-state index contributed by atoms with van der Waals surface area (Å²) in [5.41, 5.74) is -0.625. The molecule has 1 amide bonds. The topological polar surface area (TPSA) is 45.7 Å². The Bertz CT molecular complexity index is 612. The average molecular weight is 347 g/mol. The molecule has 136 valence electrons. The van der Waals surface area contributed by atoms with E-state index >= 15 is 0 Å². The van der Waals surface area contributed by atoms with Crippen molar-refractivity contribution in [1.29, 1.82) is 0 Å². The van der Waals surface area contributed by atoms with Crippen LogP contribution in [0.15, 0.2) is 24.5 Å². The number of pyridine rings is 1. The second-order valence-electron chi connectivity index (χ2n) is 7.71. The van der Waals surface area contributed by atoms with E-state index in [0.29, 0.717) is 32.5 Å². The van der Waals surface area contributed by atoms with Crippen LogP contribution in [0, 0.1) is 0 Å². The largest absolute Gasteiger partial charge is 0.371 e. The second kappa shape index (κ2) is 6.65. The summed E-state index contributed by atoms with van der Waals surface area (Å²) in [6.07, 6.45) is 7.01. The Morgan fingerprint density at radius 3 is 2.52 bits per heavy atom. The number of hydrogen-bond acceptors (Lipinski definition) is 4. The molecule has 0 N–H and O–H groups in total. The van der Waals surface area contributed by atoms with Gasteiger partial charge in [-0.15, -0.1) is 0 Å². The molecule has 3 heterocycles. The standard InChI is InChI=1S/C19H26FN3O2/c20-19(4-1-5-19)17(24)23-12-13-25-18(15-23)6-10-22(11-7-18)14-16-2-8-21-9-3-16/h2-3,8-9H,1,4-7,10-15H2. The minimum Gasteiger partial charge on any atom is -0.371 e. The molecule has 3 aliphatic rings. The molecule has 1 aromatic rings. The van der Waals surface area contributed by atoms with E-state index in [0.717, 1.165) is 38.9 Å². The van der Waals surface area contributed by atoms with Crippen molar-refractivity contribution in [1.82, 2.24) is 14.8 Å². The zero-order valence-corrected chi connectivity index (χ0v) is 14.6. The van der Waals surface area contributed by atoms with Crippen molar-refractivity contribution in [2.24, 2.45) is 0 Å². The molecule has 1 aliphatic carbocycles. The summed E-state index contributed by atoms with van der Waals surface area (Å²) in [7, 11) is 0. The number of ether oxygens (including phenoxy) is 1. The van der Waals surface area contributed by atoms with E-state index in [-0.39, 0.29) is 11.5 Å². The molecule has 2 aliphatic heterocycles. The minimum atomic E-state index is -1.60. The fraction of sp³-hybridized carbons (Fsp3) is 0.684. The Hall–Kier alpha value is -1.53. The first-order valence-corrected chi connectivity index (χ1v) is 9.32. The average Bonchev–Trinajstić information content (AvgIpc) is 2.62.